The Morgan fingerprint density at radius 2 is 1.60 bits per heavy atom. The Labute approximate surface area is 95.4 Å². The van der Waals surface area contributed by atoms with Crippen LogP contribution in [0.3, 0.4) is 0 Å². The van der Waals surface area contributed by atoms with Crippen molar-refractivity contribution < 1.29 is 0 Å². The zero-order chi connectivity index (χ0) is 11.4. The second kappa shape index (κ2) is 12.0. The van der Waals surface area contributed by atoms with E-state index in [0.29, 0.717) is 0 Å². The molecule has 3 nitrogen and oxygen atoms in total. The second-order valence-corrected chi connectivity index (χ2v) is 3.98. The van der Waals surface area contributed by atoms with Crippen LogP contribution < -0.4 is 11.1 Å². The Morgan fingerprint density at radius 3 is 2.20 bits per heavy atom. The largest absolute Gasteiger partial charge is 0.330 e. The molecule has 0 atom stereocenters. The Bertz CT molecular complexity index is 113. The highest BCUT2D eigenvalue weighted by atomic mass is 15.1. The van der Waals surface area contributed by atoms with Crippen LogP contribution >= 0.6 is 0 Å². The lowest BCUT2D eigenvalue weighted by atomic mass is 10.2. The third-order valence-electron chi connectivity index (χ3n) is 2.78. The highest BCUT2D eigenvalue weighted by Crippen LogP contribution is 1.92. The summed E-state index contributed by atoms with van der Waals surface area (Å²) in [6.07, 6.45) is 4.96. The van der Waals surface area contributed by atoms with Crippen LogP contribution in [0.2, 0.25) is 0 Å². The molecule has 0 spiro atoms. The van der Waals surface area contributed by atoms with Crippen molar-refractivity contribution in [2.75, 3.05) is 39.3 Å². The quantitative estimate of drug-likeness (QED) is 0.512. The molecule has 0 unspecified atom stereocenters. The number of hydrogen-bond acceptors (Lipinski definition) is 3. The van der Waals surface area contributed by atoms with Crippen LogP contribution in [0.1, 0.15) is 39.5 Å². The predicted octanol–water partition coefficient (Wildman–Crippen LogP) is 1.44. The molecular weight excluding hydrogens is 186 g/mol. The van der Waals surface area contributed by atoms with Gasteiger partial charge in [0.2, 0.25) is 0 Å². The van der Waals surface area contributed by atoms with Crippen molar-refractivity contribution in [3.05, 3.63) is 0 Å². The molecule has 0 bridgehead atoms. The fraction of sp³-hybridized carbons (Fsp3) is 1.00. The van der Waals surface area contributed by atoms with E-state index in [1.165, 1.54) is 45.3 Å². The molecule has 0 aromatic rings. The van der Waals surface area contributed by atoms with Crippen LogP contribution in [-0.2, 0) is 0 Å². The third-order valence-corrected chi connectivity index (χ3v) is 2.78. The van der Waals surface area contributed by atoms with E-state index in [1.54, 1.807) is 0 Å². The van der Waals surface area contributed by atoms with Crippen molar-refractivity contribution in [2.45, 2.75) is 39.5 Å². The van der Waals surface area contributed by atoms with E-state index in [4.69, 9.17) is 5.73 Å². The van der Waals surface area contributed by atoms with Gasteiger partial charge in [-0.2, -0.15) is 0 Å². The average molecular weight is 215 g/mol. The van der Waals surface area contributed by atoms with E-state index in [2.05, 4.69) is 24.1 Å². The molecule has 0 amide bonds. The molecule has 0 saturated heterocycles. The zero-order valence-electron chi connectivity index (χ0n) is 10.6. The molecule has 0 aromatic carbocycles. The summed E-state index contributed by atoms with van der Waals surface area (Å²) in [5.41, 5.74) is 5.43. The Balaban J connectivity index is 3.04. The van der Waals surface area contributed by atoms with Crippen LogP contribution in [0.15, 0.2) is 0 Å². The van der Waals surface area contributed by atoms with Gasteiger partial charge in [-0.15, -0.1) is 0 Å². The van der Waals surface area contributed by atoms with Gasteiger partial charge in [0.15, 0.2) is 0 Å². The Morgan fingerprint density at radius 1 is 0.933 bits per heavy atom. The zero-order valence-corrected chi connectivity index (χ0v) is 10.6. The maximum atomic E-state index is 5.43. The molecule has 0 heterocycles. The van der Waals surface area contributed by atoms with Crippen molar-refractivity contribution in [1.29, 1.82) is 0 Å². The first-order valence-electron chi connectivity index (χ1n) is 6.48. The molecule has 0 aliphatic heterocycles. The maximum Gasteiger partial charge on any atom is -0.000687 e. The molecule has 0 rings (SSSR count). The summed E-state index contributed by atoms with van der Waals surface area (Å²) >= 11 is 0. The molecular formula is C12H29N3. The minimum absolute atomic E-state index is 0.835. The molecule has 0 saturated carbocycles. The van der Waals surface area contributed by atoms with Crippen LogP contribution in [-0.4, -0.2) is 44.2 Å². The van der Waals surface area contributed by atoms with Crippen LogP contribution in [0.4, 0.5) is 0 Å². The molecule has 15 heavy (non-hydrogen) atoms. The van der Waals surface area contributed by atoms with Gasteiger partial charge in [0.1, 0.15) is 0 Å². The van der Waals surface area contributed by atoms with Gasteiger partial charge < -0.3 is 16.0 Å². The normalized spacial score (nSPS) is 11.2. The van der Waals surface area contributed by atoms with Gasteiger partial charge in [0.25, 0.3) is 0 Å². The van der Waals surface area contributed by atoms with Crippen molar-refractivity contribution in [2.24, 2.45) is 5.73 Å². The number of nitrogens with two attached hydrogens (primary N) is 1. The van der Waals surface area contributed by atoms with E-state index in [0.717, 1.165) is 19.6 Å². The first-order chi connectivity index (χ1) is 7.35. The van der Waals surface area contributed by atoms with Crippen molar-refractivity contribution in [3.8, 4) is 0 Å². The van der Waals surface area contributed by atoms with E-state index >= 15 is 0 Å². The molecule has 92 valence electrons. The van der Waals surface area contributed by atoms with E-state index < -0.39 is 0 Å². The minimum Gasteiger partial charge on any atom is -0.330 e. The number of hydrogen-bond donors (Lipinski definition) is 2. The lowest BCUT2D eigenvalue weighted by molar-refractivity contribution is 0.298. The SMILES string of the molecule is CCN(CC)CCCNCCCCCN. The molecule has 0 aliphatic carbocycles. The first-order valence-corrected chi connectivity index (χ1v) is 6.48. The van der Waals surface area contributed by atoms with Gasteiger partial charge >= 0.3 is 0 Å². The summed E-state index contributed by atoms with van der Waals surface area (Å²) in [6, 6.07) is 0. The van der Waals surface area contributed by atoms with E-state index in [9.17, 15) is 0 Å². The minimum atomic E-state index is 0.835. The number of nitrogens with one attached hydrogen (secondary N) is 1. The van der Waals surface area contributed by atoms with Crippen molar-refractivity contribution in [1.82, 2.24) is 10.2 Å². The van der Waals surface area contributed by atoms with Gasteiger partial charge in [0.05, 0.1) is 0 Å². The lowest BCUT2D eigenvalue weighted by Crippen LogP contribution is -2.27. The second-order valence-electron chi connectivity index (χ2n) is 3.98. The smallest absolute Gasteiger partial charge is 0.000687 e. The van der Waals surface area contributed by atoms with Crippen LogP contribution in [0.5, 0.6) is 0 Å². The number of rotatable bonds is 11. The molecule has 0 radical (unpaired) electrons. The van der Waals surface area contributed by atoms with Crippen LogP contribution in [0, 0.1) is 0 Å². The topological polar surface area (TPSA) is 41.3 Å². The Kier molecular flexibility index (Phi) is 11.9. The summed E-state index contributed by atoms with van der Waals surface area (Å²) in [5.74, 6) is 0. The molecule has 0 aliphatic rings. The Hall–Kier alpha value is -0.120. The standard InChI is InChI=1S/C12H29N3/c1-3-15(4-2)12-8-11-14-10-7-5-6-9-13/h14H,3-13H2,1-2H3. The summed E-state index contributed by atoms with van der Waals surface area (Å²) in [4.78, 5) is 2.47. The molecule has 3 N–H and O–H groups in total. The monoisotopic (exact) mass is 215 g/mol. The van der Waals surface area contributed by atoms with Crippen LogP contribution in [0.25, 0.3) is 0 Å². The average Bonchev–Trinajstić information content (AvgIpc) is 2.27. The van der Waals surface area contributed by atoms with E-state index in [-0.39, 0.29) is 0 Å². The van der Waals surface area contributed by atoms with Crippen molar-refractivity contribution >= 4 is 0 Å². The maximum absolute atomic E-state index is 5.43. The van der Waals surface area contributed by atoms with Gasteiger partial charge in [-0.05, 0) is 58.5 Å². The third kappa shape index (κ3) is 10.2. The highest BCUT2D eigenvalue weighted by Gasteiger charge is 1.97. The molecule has 3 heteroatoms. The van der Waals surface area contributed by atoms with Gasteiger partial charge in [-0.1, -0.05) is 20.3 Å². The first kappa shape index (κ1) is 14.9. The summed E-state index contributed by atoms with van der Waals surface area (Å²) in [6.45, 7) is 11.2. The fourth-order valence-electron chi connectivity index (χ4n) is 1.66. The lowest BCUT2D eigenvalue weighted by Gasteiger charge is -2.17. The highest BCUT2D eigenvalue weighted by molar-refractivity contribution is 4.55. The summed E-state index contributed by atoms with van der Waals surface area (Å²) in [7, 11) is 0. The fourth-order valence-corrected chi connectivity index (χ4v) is 1.66. The van der Waals surface area contributed by atoms with Crippen molar-refractivity contribution in [3.63, 3.8) is 0 Å². The predicted molar refractivity (Wildman–Crippen MR) is 68.2 cm³/mol. The van der Waals surface area contributed by atoms with Gasteiger partial charge in [-0.25, -0.2) is 0 Å². The molecule has 0 fully saturated rings. The number of nitrogens with zero attached hydrogens (tertiary/aromatic N) is 1. The van der Waals surface area contributed by atoms with E-state index in [1.807, 2.05) is 0 Å². The molecule has 0 aromatic heterocycles. The van der Waals surface area contributed by atoms with Gasteiger partial charge in [0, 0.05) is 0 Å². The van der Waals surface area contributed by atoms with Gasteiger partial charge in [-0.3, -0.25) is 0 Å². The summed E-state index contributed by atoms with van der Waals surface area (Å²) in [5, 5.41) is 3.48. The summed E-state index contributed by atoms with van der Waals surface area (Å²) < 4.78 is 0. The number of unbranched alkanes of at least 4 members (excludes halogenated alkanes) is 2.